The summed E-state index contributed by atoms with van der Waals surface area (Å²) in [6.07, 6.45) is -1.10. The van der Waals surface area contributed by atoms with Crippen molar-refractivity contribution in [3.63, 3.8) is 0 Å². The highest BCUT2D eigenvalue weighted by Gasteiger charge is 2.16. The van der Waals surface area contributed by atoms with Crippen LogP contribution in [0.3, 0.4) is 0 Å². The lowest BCUT2D eigenvalue weighted by molar-refractivity contribution is 0.159. The van der Waals surface area contributed by atoms with Crippen molar-refractivity contribution in [1.82, 2.24) is 4.72 Å². The van der Waals surface area contributed by atoms with Gasteiger partial charge in [0.05, 0.1) is 29.6 Å². The maximum atomic E-state index is 11.5. The molecule has 0 aromatic heterocycles. The number of hydrogen-bond acceptors (Lipinski definition) is 6. The van der Waals surface area contributed by atoms with E-state index in [4.69, 9.17) is 11.0 Å². The zero-order valence-electron chi connectivity index (χ0n) is 10.0. The third kappa shape index (κ3) is 4.36. The average molecular weight is 284 g/mol. The number of nitrogens with one attached hydrogen (secondary N) is 2. The molecule has 0 bridgehead atoms. The molecule has 0 aliphatic heterocycles. The first-order valence-corrected chi connectivity index (χ1v) is 6.63. The fraction of sp³-hybridized carbons (Fsp3) is 0.200. The number of carbonyl (C=O) groups is 1. The van der Waals surface area contributed by atoms with E-state index in [2.05, 4.69) is 9.46 Å². The van der Waals surface area contributed by atoms with Crippen molar-refractivity contribution in [2.75, 3.05) is 17.1 Å². The summed E-state index contributed by atoms with van der Waals surface area (Å²) in [5, 5.41) is 8.65. The van der Waals surface area contributed by atoms with Crippen LogP contribution in [0.15, 0.2) is 18.2 Å². The normalized spacial score (nSPS) is 10.3. The molecule has 0 saturated carbocycles. The van der Waals surface area contributed by atoms with Crippen LogP contribution in [0.5, 0.6) is 0 Å². The van der Waals surface area contributed by atoms with Crippen molar-refractivity contribution in [3.8, 4) is 6.07 Å². The van der Waals surface area contributed by atoms with Gasteiger partial charge in [0.1, 0.15) is 0 Å². The molecular weight excluding hydrogens is 272 g/mol. The number of ether oxygens (including phenoxy) is 1. The van der Waals surface area contributed by atoms with Gasteiger partial charge in [0.25, 0.3) is 0 Å². The molecule has 0 saturated heterocycles. The van der Waals surface area contributed by atoms with E-state index in [1.165, 1.54) is 25.1 Å². The molecule has 1 aromatic rings. The Morgan fingerprint density at radius 2 is 2.21 bits per heavy atom. The molecule has 19 heavy (non-hydrogen) atoms. The van der Waals surface area contributed by atoms with Crippen LogP contribution in [0.1, 0.15) is 12.5 Å². The molecule has 0 fully saturated rings. The highest BCUT2D eigenvalue weighted by atomic mass is 32.2. The van der Waals surface area contributed by atoms with Crippen molar-refractivity contribution in [2.45, 2.75) is 6.92 Å². The van der Waals surface area contributed by atoms with Crippen LogP contribution < -0.4 is 15.2 Å². The smallest absolute Gasteiger partial charge is 0.422 e. The number of nitrogens with zero attached hydrogens (tertiary/aromatic N) is 1. The first-order chi connectivity index (χ1) is 8.88. The number of nitrogen functional groups attached to an aromatic ring is 1. The lowest BCUT2D eigenvalue weighted by Crippen LogP contribution is -2.35. The van der Waals surface area contributed by atoms with Crippen molar-refractivity contribution in [3.05, 3.63) is 23.8 Å². The highest BCUT2D eigenvalue weighted by molar-refractivity contribution is 7.91. The molecule has 0 aliphatic carbocycles. The van der Waals surface area contributed by atoms with E-state index in [0.29, 0.717) is 5.56 Å². The van der Waals surface area contributed by atoms with E-state index in [0.717, 1.165) is 0 Å². The topological polar surface area (TPSA) is 134 Å². The fourth-order valence-electron chi connectivity index (χ4n) is 1.17. The molecule has 0 heterocycles. The number of carbonyl (C=O) groups excluding carboxylic acids is 1. The fourth-order valence-corrected chi connectivity index (χ4v) is 1.97. The largest absolute Gasteiger partial charge is 0.449 e. The maximum absolute atomic E-state index is 11.5. The zero-order valence-corrected chi connectivity index (χ0v) is 10.8. The zero-order chi connectivity index (χ0) is 14.5. The Kier molecular flexibility index (Phi) is 4.55. The van der Waals surface area contributed by atoms with E-state index in [9.17, 15) is 13.2 Å². The number of anilines is 2. The van der Waals surface area contributed by atoms with Crippen LogP contribution in [-0.4, -0.2) is 21.1 Å². The first-order valence-electron chi connectivity index (χ1n) is 5.15. The van der Waals surface area contributed by atoms with Crippen molar-refractivity contribution in [2.24, 2.45) is 0 Å². The molecule has 9 heteroatoms. The van der Waals surface area contributed by atoms with E-state index in [-0.39, 0.29) is 18.0 Å². The van der Waals surface area contributed by atoms with Gasteiger partial charge in [-0.1, -0.05) is 0 Å². The van der Waals surface area contributed by atoms with E-state index in [1.54, 1.807) is 4.72 Å². The van der Waals surface area contributed by atoms with Gasteiger partial charge < -0.3 is 10.5 Å². The second-order valence-corrected chi connectivity index (χ2v) is 4.76. The van der Waals surface area contributed by atoms with Crippen LogP contribution in [0, 0.1) is 11.3 Å². The number of nitriles is 1. The first kappa shape index (κ1) is 14.6. The summed E-state index contributed by atoms with van der Waals surface area (Å²) in [5.41, 5.74) is 5.98. The Labute approximate surface area is 110 Å². The second kappa shape index (κ2) is 5.92. The lowest BCUT2D eigenvalue weighted by atomic mass is 10.2. The van der Waals surface area contributed by atoms with Crippen molar-refractivity contribution >= 4 is 27.7 Å². The van der Waals surface area contributed by atoms with Gasteiger partial charge in [0.15, 0.2) is 0 Å². The van der Waals surface area contributed by atoms with Gasteiger partial charge in [-0.25, -0.2) is 9.52 Å². The van der Waals surface area contributed by atoms with Gasteiger partial charge in [-0.15, -0.1) is 0 Å². The summed E-state index contributed by atoms with van der Waals surface area (Å²) in [6, 6.07) is 5.87. The number of rotatable bonds is 4. The van der Waals surface area contributed by atoms with Gasteiger partial charge >= 0.3 is 16.3 Å². The summed E-state index contributed by atoms with van der Waals surface area (Å²) >= 11 is 0. The molecule has 0 spiro atoms. The Balaban J connectivity index is 2.84. The van der Waals surface area contributed by atoms with Crippen LogP contribution in [0.4, 0.5) is 16.2 Å². The SMILES string of the molecule is CCOC(=O)NS(=O)(=O)Nc1ccc(C#N)cc1N. The van der Waals surface area contributed by atoms with Crippen LogP contribution in [0.2, 0.25) is 0 Å². The second-order valence-electron chi connectivity index (χ2n) is 3.34. The Morgan fingerprint density at radius 1 is 1.53 bits per heavy atom. The number of amides is 1. The minimum absolute atomic E-state index is 0.0420. The monoisotopic (exact) mass is 284 g/mol. The summed E-state index contributed by atoms with van der Waals surface area (Å²) in [5.74, 6) is 0. The van der Waals surface area contributed by atoms with Gasteiger partial charge in [0.2, 0.25) is 0 Å². The van der Waals surface area contributed by atoms with Crippen LogP contribution in [0.25, 0.3) is 0 Å². The summed E-state index contributed by atoms with van der Waals surface area (Å²) < 4.78 is 31.2. The van der Waals surface area contributed by atoms with Crippen LogP contribution >= 0.6 is 0 Å². The van der Waals surface area contributed by atoms with Crippen LogP contribution in [-0.2, 0) is 14.9 Å². The molecule has 8 nitrogen and oxygen atoms in total. The molecule has 4 N–H and O–H groups in total. The average Bonchev–Trinajstić information content (AvgIpc) is 2.31. The Bertz CT molecular complexity index is 621. The third-order valence-corrected chi connectivity index (χ3v) is 2.84. The molecule has 1 amide bonds. The molecular formula is C10H12N4O4S. The van der Waals surface area contributed by atoms with E-state index in [1.807, 2.05) is 6.07 Å². The minimum Gasteiger partial charge on any atom is -0.449 e. The summed E-state index contributed by atoms with van der Waals surface area (Å²) in [4.78, 5) is 11.0. The minimum atomic E-state index is -4.14. The highest BCUT2D eigenvalue weighted by Crippen LogP contribution is 2.20. The molecule has 0 aliphatic rings. The number of nitrogens with two attached hydrogens (primary N) is 1. The molecule has 0 radical (unpaired) electrons. The Hall–Kier alpha value is -2.47. The van der Waals surface area contributed by atoms with E-state index >= 15 is 0 Å². The van der Waals surface area contributed by atoms with Gasteiger partial charge in [-0.2, -0.15) is 13.7 Å². The summed E-state index contributed by atoms with van der Waals surface area (Å²) in [6.45, 7) is 1.58. The predicted molar refractivity (Wildman–Crippen MR) is 68.3 cm³/mol. The number of benzene rings is 1. The summed E-state index contributed by atoms with van der Waals surface area (Å²) in [7, 11) is -4.14. The van der Waals surface area contributed by atoms with Crippen molar-refractivity contribution < 1.29 is 17.9 Å². The molecule has 102 valence electrons. The predicted octanol–water partition coefficient (Wildman–Crippen LogP) is 0.543. The lowest BCUT2D eigenvalue weighted by Gasteiger charge is -2.11. The number of hydrogen-bond donors (Lipinski definition) is 3. The van der Waals surface area contributed by atoms with Gasteiger partial charge in [-0.05, 0) is 25.1 Å². The molecule has 1 aromatic carbocycles. The molecule has 0 unspecified atom stereocenters. The van der Waals surface area contributed by atoms with Gasteiger partial charge in [-0.3, -0.25) is 4.72 Å². The Morgan fingerprint density at radius 3 is 2.74 bits per heavy atom. The molecule has 1 rings (SSSR count). The maximum Gasteiger partial charge on any atom is 0.422 e. The quantitative estimate of drug-likeness (QED) is 0.691. The van der Waals surface area contributed by atoms with E-state index < -0.39 is 16.3 Å². The molecule has 0 atom stereocenters. The van der Waals surface area contributed by atoms with Crippen molar-refractivity contribution in [1.29, 1.82) is 5.26 Å². The standard InChI is InChI=1S/C10H12N4O4S/c1-2-18-10(15)14-19(16,17)13-9-4-3-7(6-11)5-8(9)12/h3-5,13H,2,12H2,1H3,(H,14,15). The van der Waals surface area contributed by atoms with Gasteiger partial charge in [0, 0.05) is 0 Å². The third-order valence-electron chi connectivity index (χ3n) is 1.92.